The first kappa shape index (κ1) is 12.3. The van der Waals surface area contributed by atoms with Crippen molar-refractivity contribution in [3.63, 3.8) is 0 Å². The summed E-state index contributed by atoms with van der Waals surface area (Å²) in [5, 5.41) is 0. The van der Waals surface area contributed by atoms with Crippen LogP contribution in [0.4, 0.5) is 0 Å². The second-order valence-electron chi connectivity index (χ2n) is 4.54. The molecular formula is C11H16N2O3S. The minimum atomic E-state index is -3.69. The molecule has 1 aliphatic carbocycles. The largest absolute Gasteiger partial charge is 0.366 e. The first-order valence-electron chi connectivity index (χ1n) is 5.67. The molecule has 1 heterocycles. The van der Waals surface area contributed by atoms with Crippen molar-refractivity contribution in [2.45, 2.75) is 24.7 Å². The molecule has 1 aromatic rings. The fourth-order valence-electron chi connectivity index (χ4n) is 1.76. The van der Waals surface area contributed by atoms with E-state index in [0.29, 0.717) is 18.4 Å². The van der Waals surface area contributed by atoms with Gasteiger partial charge in [0.25, 0.3) is 0 Å². The van der Waals surface area contributed by atoms with Crippen molar-refractivity contribution in [2.75, 3.05) is 6.54 Å². The van der Waals surface area contributed by atoms with E-state index in [0.717, 1.165) is 0 Å². The van der Waals surface area contributed by atoms with Gasteiger partial charge in [0.1, 0.15) is 4.90 Å². The Bertz CT molecular complexity index is 546. The normalized spacial score (nSPS) is 17.9. The van der Waals surface area contributed by atoms with Crippen molar-refractivity contribution in [1.29, 1.82) is 0 Å². The molecule has 2 rings (SSSR count). The third kappa shape index (κ3) is 2.95. The van der Waals surface area contributed by atoms with Gasteiger partial charge in [-0.3, -0.25) is 4.79 Å². The smallest absolute Gasteiger partial charge is 0.245 e. The number of nitrogens with one attached hydrogen (secondary N) is 2. The maximum Gasteiger partial charge on any atom is 0.245 e. The van der Waals surface area contributed by atoms with E-state index in [-0.39, 0.29) is 4.90 Å². The Kier molecular flexibility index (Phi) is 3.35. The number of sulfonamides is 1. The van der Waals surface area contributed by atoms with Crippen molar-refractivity contribution in [3.05, 3.63) is 28.7 Å². The van der Waals surface area contributed by atoms with Crippen molar-refractivity contribution in [1.82, 2.24) is 9.71 Å². The third-order valence-corrected chi connectivity index (χ3v) is 4.54. The summed E-state index contributed by atoms with van der Waals surface area (Å²) in [6.45, 7) is 2.41. The summed E-state index contributed by atoms with van der Waals surface area (Å²) in [6.07, 6.45) is 4.98. The molecule has 1 unspecified atom stereocenters. The first-order valence-corrected chi connectivity index (χ1v) is 7.16. The monoisotopic (exact) mass is 256 g/mol. The number of pyridine rings is 1. The number of hydrogen-bond acceptors (Lipinski definition) is 3. The van der Waals surface area contributed by atoms with Gasteiger partial charge in [0.2, 0.25) is 15.5 Å². The van der Waals surface area contributed by atoms with E-state index in [4.69, 9.17) is 0 Å². The Morgan fingerprint density at radius 1 is 1.53 bits per heavy atom. The van der Waals surface area contributed by atoms with Crippen LogP contribution in [0.1, 0.15) is 19.8 Å². The third-order valence-electron chi connectivity index (χ3n) is 3.10. The average Bonchev–Trinajstić information content (AvgIpc) is 3.10. The Hall–Kier alpha value is -1.14. The molecule has 5 nitrogen and oxygen atoms in total. The van der Waals surface area contributed by atoms with Crippen molar-refractivity contribution < 1.29 is 8.42 Å². The summed E-state index contributed by atoms with van der Waals surface area (Å²) in [7, 11) is -3.69. The Morgan fingerprint density at radius 2 is 2.24 bits per heavy atom. The number of rotatable bonds is 5. The Labute approximate surface area is 100 Å². The molecule has 0 radical (unpaired) electrons. The molecule has 0 aromatic carbocycles. The molecule has 17 heavy (non-hydrogen) atoms. The van der Waals surface area contributed by atoms with Gasteiger partial charge in [0.05, 0.1) is 0 Å². The number of aromatic amines is 1. The zero-order chi connectivity index (χ0) is 12.5. The van der Waals surface area contributed by atoms with Gasteiger partial charge in [0, 0.05) is 25.0 Å². The van der Waals surface area contributed by atoms with Crippen LogP contribution in [0.2, 0.25) is 0 Å². The van der Waals surface area contributed by atoms with Gasteiger partial charge in [-0.1, -0.05) is 6.92 Å². The molecule has 1 aliphatic rings. The maximum absolute atomic E-state index is 11.9. The van der Waals surface area contributed by atoms with E-state index >= 15 is 0 Å². The molecule has 2 N–H and O–H groups in total. The predicted molar refractivity (Wildman–Crippen MR) is 64.1 cm³/mol. The molecule has 1 saturated carbocycles. The van der Waals surface area contributed by atoms with Crippen LogP contribution in [0, 0.1) is 11.8 Å². The van der Waals surface area contributed by atoms with Crippen molar-refractivity contribution in [2.24, 2.45) is 11.8 Å². The van der Waals surface area contributed by atoms with E-state index in [9.17, 15) is 13.2 Å². The lowest BCUT2D eigenvalue weighted by Crippen LogP contribution is -2.32. The summed E-state index contributed by atoms with van der Waals surface area (Å²) in [5.74, 6) is 0.958. The highest BCUT2D eigenvalue weighted by molar-refractivity contribution is 7.89. The number of H-pyrrole nitrogens is 1. The molecule has 94 valence electrons. The fraction of sp³-hybridized carbons (Fsp3) is 0.545. The van der Waals surface area contributed by atoms with Crippen LogP contribution < -0.4 is 10.2 Å². The number of hydrogen-bond donors (Lipinski definition) is 2. The summed E-state index contributed by atoms with van der Waals surface area (Å²) >= 11 is 0. The molecule has 1 fully saturated rings. The zero-order valence-electron chi connectivity index (χ0n) is 9.64. The van der Waals surface area contributed by atoms with E-state index in [1.165, 1.54) is 31.3 Å². The number of aromatic nitrogens is 1. The van der Waals surface area contributed by atoms with Crippen LogP contribution in [0.5, 0.6) is 0 Å². The van der Waals surface area contributed by atoms with E-state index < -0.39 is 15.5 Å². The van der Waals surface area contributed by atoms with E-state index in [1.54, 1.807) is 0 Å². The van der Waals surface area contributed by atoms with Gasteiger partial charge in [-0.15, -0.1) is 0 Å². The van der Waals surface area contributed by atoms with Gasteiger partial charge in [-0.05, 0) is 24.7 Å². The first-order chi connectivity index (χ1) is 8.00. The molecule has 1 atom stereocenters. The minimum absolute atomic E-state index is 0.219. The molecular weight excluding hydrogens is 240 g/mol. The Balaban J connectivity index is 2.08. The van der Waals surface area contributed by atoms with Crippen molar-refractivity contribution >= 4 is 10.0 Å². The van der Waals surface area contributed by atoms with Crippen LogP contribution >= 0.6 is 0 Å². The lowest BCUT2D eigenvalue weighted by atomic mass is 10.1. The van der Waals surface area contributed by atoms with E-state index in [2.05, 4.69) is 9.71 Å². The van der Waals surface area contributed by atoms with Crippen LogP contribution in [0.25, 0.3) is 0 Å². The second kappa shape index (κ2) is 4.62. The van der Waals surface area contributed by atoms with Gasteiger partial charge in [0.15, 0.2) is 0 Å². The zero-order valence-corrected chi connectivity index (χ0v) is 10.5. The molecule has 0 saturated heterocycles. The van der Waals surface area contributed by atoms with Crippen LogP contribution in [-0.2, 0) is 10.0 Å². The highest BCUT2D eigenvalue weighted by Gasteiger charge is 2.29. The fourth-order valence-corrected chi connectivity index (χ4v) is 2.96. The summed E-state index contributed by atoms with van der Waals surface area (Å²) in [4.78, 5) is 13.8. The standard InChI is InChI=1S/C11H16N2O3S/c1-8(9-2-3-9)6-13-17(15,16)11-7-12-5-4-10(11)14/h4-5,7-9,13H,2-3,6H2,1H3,(H,12,14). The van der Waals surface area contributed by atoms with Crippen molar-refractivity contribution in [3.8, 4) is 0 Å². The topological polar surface area (TPSA) is 79.0 Å². The summed E-state index contributed by atoms with van der Waals surface area (Å²) in [5.41, 5.74) is -0.490. The molecule has 0 aliphatic heterocycles. The summed E-state index contributed by atoms with van der Waals surface area (Å²) in [6, 6.07) is 1.21. The lowest BCUT2D eigenvalue weighted by Gasteiger charge is -2.11. The van der Waals surface area contributed by atoms with Crippen LogP contribution in [-0.4, -0.2) is 19.9 Å². The maximum atomic E-state index is 11.9. The highest BCUT2D eigenvalue weighted by atomic mass is 32.2. The van der Waals surface area contributed by atoms with Gasteiger partial charge in [-0.2, -0.15) is 0 Å². The second-order valence-corrected chi connectivity index (χ2v) is 6.27. The molecule has 6 heteroatoms. The van der Waals surface area contributed by atoms with Gasteiger partial charge < -0.3 is 4.98 Å². The van der Waals surface area contributed by atoms with Crippen LogP contribution in [0.3, 0.4) is 0 Å². The molecule has 0 bridgehead atoms. The lowest BCUT2D eigenvalue weighted by molar-refractivity contribution is 0.491. The quantitative estimate of drug-likeness (QED) is 0.814. The van der Waals surface area contributed by atoms with Gasteiger partial charge in [-0.25, -0.2) is 13.1 Å². The van der Waals surface area contributed by atoms with Gasteiger partial charge >= 0.3 is 0 Å². The molecule has 0 amide bonds. The Morgan fingerprint density at radius 3 is 2.82 bits per heavy atom. The summed E-state index contributed by atoms with van der Waals surface area (Å²) < 4.78 is 26.2. The predicted octanol–water partition coefficient (Wildman–Crippen LogP) is 0.699. The van der Waals surface area contributed by atoms with E-state index in [1.807, 2.05) is 6.92 Å². The minimum Gasteiger partial charge on any atom is -0.366 e. The molecule has 0 spiro atoms. The van der Waals surface area contributed by atoms with Crippen LogP contribution in [0.15, 0.2) is 28.2 Å². The SMILES string of the molecule is CC(CNS(=O)(=O)c1c[nH]ccc1=O)C1CC1. The highest BCUT2D eigenvalue weighted by Crippen LogP contribution is 2.36. The average molecular weight is 256 g/mol. The molecule has 1 aromatic heterocycles.